The van der Waals surface area contributed by atoms with Gasteiger partial charge in [-0.15, -0.1) is 0 Å². The zero-order valence-corrected chi connectivity index (χ0v) is 18.9. The molecule has 162 valence electrons. The zero-order valence-electron chi connectivity index (χ0n) is 18.1. The molecule has 1 aromatic rings. The van der Waals surface area contributed by atoms with Gasteiger partial charge in [-0.3, -0.25) is 4.79 Å². The van der Waals surface area contributed by atoms with Crippen LogP contribution in [0.3, 0.4) is 0 Å². The van der Waals surface area contributed by atoms with Gasteiger partial charge in [0, 0.05) is 12.3 Å². The molecule has 6 nitrogen and oxygen atoms in total. The highest BCUT2D eigenvalue weighted by atomic mass is 32.2. The highest BCUT2D eigenvalue weighted by Crippen LogP contribution is 2.40. The fourth-order valence-electron chi connectivity index (χ4n) is 3.84. The van der Waals surface area contributed by atoms with E-state index in [9.17, 15) is 18.0 Å². The summed E-state index contributed by atoms with van der Waals surface area (Å²) in [6.45, 7) is 8.14. The lowest BCUT2D eigenvalue weighted by molar-refractivity contribution is -0.125. The number of nitrogens with one attached hydrogen (secondary N) is 1. The summed E-state index contributed by atoms with van der Waals surface area (Å²) < 4.78 is 28.5. The third kappa shape index (κ3) is 6.29. The molecular formula is C22H33NO5S. The van der Waals surface area contributed by atoms with E-state index in [0.29, 0.717) is 16.9 Å². The summed E-state index contributed by atoms with van der Waals surface area (Å²) in [5.41, 5.74) is 1.07. The van der Waals surface area contributed by atoms with Crippen molar-refractivity contribution in [3.05, 3.63) is 29.3 Å². The molecule has 0 bridgehead atoms. The lowest BCUT2D eigenvalue weighted by Gasteiger charge is -2.39. The Labute approximate surface area is 174 Å². The van der Waals surface area contributed by atoms with E-state index >= 15 is 0 Å². The van der Waals surface area contributed by atoms with Crippen molar-refractivity contribution in [3.8, 4) is 0 Å². The van der Waals surface area contributed by atoms with Gasteiger partial charge in [-0.1, -0.05) is 33.3 Å². The number of carbonyl (C=O) groups is 2. The van der Waals surface area contributed by atoms with Gasteiger partial charge < -0.3 is 10.1 Å². The highest BCUT2D eigenvalue weighted by molar-refractivity contribution is 7.90. The van der Waals surface area contributed by atoms with Crippen molar-refractivity contribution in [2.24, 2.45) is 11.3 Å². The molecule has 1 aliphatic rings. The maximum absolute atomic E-state index is 12.3. The molecule has 0 saturated heterocycles. The van der Waals surface area contributed by atoms with Crippen molar-refractivity contribution < 1.29 is 22.7 Å². The van der Waals surface area contributed by atoms with Crippen LogP contribution in [-0.2, 0) is 19.4 Å². The van der Waals surface area contributed by atoms with Crippen molar-refractivity contribution in [1.82, 2.24) is 5.32 Å². The molecule has 2 rings (SSSR count). The summed E-state index contributed by atoms with van der Waals surface area (Å²) in [6.07, 6.45) is 6.26. The Morgan fingerprint density at radius 1 is 1.17 bits per heavy atom. The van der Waals surface area contributed by atoms with Crippen LogP contribution in [0.2, 0.25) is 0 Å². The number of sulfone groups is 1. The van der Waals surface area contributed by atoms with Gasteiger partial charge in [-0.2, -0.15) is 0 Å². The average Bonchev–Trinajstić information content (AvgIpc) is 2.66. The van der Waals surface area contributed by atoms with Crippen molar-refractivity contribution >= 4 is 21.7 Å². The van der Waals surface area contributed by atoms with Crippen LogP contribution in [0, 0.1) is 18.3 Å². The third-order valence-electron chi connectivity index (χ3n) is 6.30. The number of hydrogen-bond donors (Lipinski definition) is 1. The first kappa shape index (κ1) is 23.4. The van der Waals surface area contributed by atoms with Crippen LogP contribution in [0.25, 0.3) is 0 Å². The van der Waals surface area contributed by atoms with E-state index in [1.54, 1.807) is 13.0 Å². The Morgan fingerprint density at radius 2 is 1.79 bits per heavy atom. The number of esters is 1. The Kier molecular flexibility index (Phi) is 7.49. The molecule has 29 heavy (non-hydrogen) atoms. The van der Waals surface area contributed by atoms with Crippen LogP contribution in [-0.4, -0.2) is 39.2 Å². The SMILES string of the molecule is CCC(C)(C)C1CCC(NC(=O)COC(=O)c2cc(S(C)(=O)=O)ccc2C)CC1. The van der Waals surface area contributed by atoms with E-state index in [4.69, 9.17) is 4.74 Å². The first-order chi connectivity index (χ1) is 13.4. The highest BCUT2D eigenvalue weighted by Gasteiger charge is 2.32. The van der Waals surface area contributed by atoms with Crippen molar-refractivity contribution in [2.45, 2.75) is 70.7 Å². The maximum Gasteiger partial charge on any atom is 0.338 e. The molecule has 0 unspecified atom stereocenters. The van der Waals surface area contributed by atoms with Crippen molar-refractivity contribution in [2.75, 3.05) is 12.9 Å². The molecule has 1 aromatic carbocycles. The molecule has 1 aliphatic carbocycles. The predicted octanol–water partition coefficient (Wildman–Crippen LogP) is 3.67. The Morgan fingerprint density at radius 3 is 2.34 bits per heavy atom. The molecule has 0 aliphatic heterocycles. The molecule has 1 N–H and O–H groups in total. The molecule has 0 radical (unpaired) electrons. The topological polar surface area (TPSA) is 89.5 Å². The molecule has 0 heterocycles. The van der Waals surface area contributed by atoms with Gasteiger partial charge in [-0.25, -0.2) is 13.2 Å². The van der Waals surface area contributed by atoms with Crippen molar-refractivity contribution in [1.29, 1.82) is 0 Å². The van der Waals surface area contributed by atoms with Crippen LogP contribution in [0.5, 0.6) is 0 Å². The van der Waals surface area contributed by atoms with Crippen LogP contribution < -0.4 is 5.32 Å². The molecular weight excluding hydrogens is 390 g/mol. The average molecular weight is 424 g/mol. The first-order valence-electron chi connectivity index (χ1n) is 10.2. The van der Waals surface area contributed by atoms with Gasteiger partial charge in [0.05, 0.1) is 10.5 Å². The van der Waals surface area contributed by atoms with Crippen LogP contribution in [0.1, 0.15) is 68.8 Å². The first-order valence-corrected chi connectivity index (χ1v) is 12.1. The van der Waals surface area contributed by atoms with Gasteiger partial charge in [-0.05, 0) is 61.6 Å². The fraction of sp³-hybridized carbons (Fsp3) is 0.636. The van der Waals surface area contributed by atoms with E-state index in [0.717, 1.165) is 38.4 Å². The largest absolute Gasteiger partial charge is 0.452 e. The minimum absolute atomic E-state index is 0.0475. The van der Waals surface area contributed by atoms with Crippen LogP contribution in [0.15, 0.2) is 23.1 Å². The summed E-state index contributed by atoms with van der Waals surface area (Å²) in [5, 5.41) is 2.95. The lowest BCUT2D eigenvalue weighted by atomic mass is 9.69. The van der Waals surface area contributed by atoms with E-state index in [-0.39, 0.29) is 29.0 Å². The second-order valence-corrected chi connectivity index (χ2v) is 10.8. The Balaban J connectivity index is 1.87. The summed E-state index contributed by atoms with van der Waals surface area (Å²) in [4.78, 5) is 24.6. The zero-order chi connectivity index (χ0) is 21.8. The van der Waals surface area contributed by atoms with E-state index in [1.165, 1.54) is 12.1 Å². The van der Waals surface area contributed by atoms with Gasteiger partial charge >= 0.3 is 5.97 Å². The minimum atomic E-state index is -3.43. The summed E-state index contributed by atoms with van der Waals surface area (Å²) in [6, 6.07) is 4.41. The Bertz CT molecular complexity index is 852. The third-order valence-corrected chi connectivity index (χ3v) is 7.41. The predicted molar refractivity (Wildman–Crippen MR) is 113 cm³/mol. The summed E-state index contributed by atoms with van der Waals surface area (Å²) in [7, 11) is -3.43. The monoisotopic (exact) mass is 423 g/mol. The molecule has 7 heteroatoms. The molecule has 1 fully saturated rings. The van der Waals surface area contributed by atoms with Crippen LogP contribution in [0.4, 0.5) is 0 Å². The van der Waals surface area contributed by atoms with Gasteiger partial charge in [0.15, 0.2) is 16.4 Å². The number of ether oxygens (including phenoxy) is 1. The molecule has 1 amide bonds. The number of hydrogen-bond acceptors (Lipinski definition) is 5. The molecule has 0 aromatic heterocycles. The standard InChI is InChI=1S/C22H33NO5S/c1-6-22(3,4)16-8-10-17(11-9-16)23-20(24)14-28-21(25)19-13-18(29(5,26)27)12-7-15(19)2/h7,12-13,16-17H,6,8-11,14H2,1-5H3,(H,23,24). The quantitative estimate of drug-likeness (QED) is 0.676. The normalized spacial score (nSPS) is 20.2. The minimum Gasteiger partial charge on any atom is -0.452 e. The van der Waals surface area contributed by atoms with E-state index < -0.39 is 15.8 Å². The molecule has 0 atom stereocenters. The number of benzene rings is 1. The van der Waals surface area contributed by atoms with Crippen LogP contribution >= 0.6 is 0 Å². The van der Waals surface area contributed by atoms with Crippen molar-refractivity contribution in [3.63, 3.8) is 0 Å². The lowest BCUT2D eigenvalue weighted by Crippen LogP contribution is -2.41. The second-order valence-electron chi connectivity index (χ2n) is 8.78. The van der Waals surface area contributed by atoms with E-state index in [1.807, 2.05) is 0 Å². The summed E-state index contributed by atoms with van der Waals surface area (Å²) >= 11 is 0. The van der Waals surface area contributed by atoms with E-state index in [2.05, 4.69) is 26.1 Å². The molecule has 1 saturated carbocycles. The number of carbonyl (C=O) groups excluding carboxylic acids is 2. The smallest absolute Gasteiger partial charge is 0.338 e. The second kappa shape index (κ2) is 9.28. The van der Waals surface area contributed by atoms with Gasteiger partial charge in [0.25, 0.3) is 5.91 Å². The molecule has 0 spiro atoms. The van der Waals surface area contributed by atoms with Gasteiger partial charge in [0.2, 0.25) is 0 Å². The Hall–Kier alpha value is -1.89. The van der Waals surface area contributed by atoms with Gasteiger partial charge in [0.1, 0.15) is 0 Å². The number of amides is 1. The maximum atomic E-state index is 12.3. The summed E-state index contributed by atoms with van der Waals surface area (Å²) in [5.74, 6) is -0.353. The number of aryl methyl sites for hydroxylation is 1. The fourth-order valence-corrected chi connectivity index (χ4v) is 4.48. The number of rotatable bonds is 7.